The number of rotatable bonds is 9. The average Bonchev–Trinajstić information content (AvgIpc) is 2.88. The molecule has 1 heterocycles. The molecule has 1 fully saturated rings. The number of benzene rings is 1. The van der Waals surface area contributed by atoms with Crippen LogP contribution in [0.3, 0.4) is 0 Å². The summed E-state index contributed by atoms with van der Waals surface area (Å²) >= 11 is 6.43. The van der Waals surface area contributed by atoms with E-state index in [0.29, 0.717) is 22.4 Å². The summed E-state index contributed by atoms with van der Waals surface area (Å²) in [6, 6.07) is 7.45. The molecule has 0 saturated carbocycles. The molecule has 0 unspecified atom stereocenters. The lowest BCUT2D eigenvalue weighted by Crippen LogP contribution is -2.34. The molecule has 1 amide bonds. The van der Waals surface area contributed by atoms with E-state index in [9.17, 15) is 9.59 Å². The Labute approximate surface area is 163 Å². The van der Waals surface area contributed by atoms with Crippen LogP contribution in [0.25, 0.3) is 6.08 Å². The van der Waals surface area contributed by atoms with Gasteiger partial charge in [-0.15, -0.1) is 0 Å². The van der Waals surface area contributed by atoms with Gasteiger partial charge in [0.2, 0.25) is 0 Å². The van der Waals surface area contributed by atoms with Crippen LogP contribution in [-0.4, -0.2) is 40.9 Å². The standard InChI is InChI=1S/C19H23NO4S2/c1-3-5-6-11-24-17(21)13-20-18(22)16(26-19(20)25)12-14-7-9-15(10-8-14)23-4-2/h7-10,12H,3-6,11,13H2,1-2H3. The topological polar surface area (TPSA) is 55.8 Å². The molecule has 0 radical (unpaired) electrons. The highest BCUT2D eigenvalue weighted by Crippen LogP contribution is 2.32. The van der Waals surface area contributed by atoms with Gasteiger partial charge >= 0.3 is 5.97 Å². The van der Waals surface area contributed by atoms with Gasteiger partial charge in [0, 0.05) is 0 Å². The van der Waals surface area contributed by atoms with Crippen molar-refractivity contribution in [3.05, 3.63) is 34.7 Å². The highest BCUT2D eigenvalue weighted by Gasteiger charge is 2.33. The summed E-state index contributed by atoms with van der Waals surface area (Å²) in [5.74, 6) is 0.0853. The first-order valence-corrected chi connectivity index (χ1v) is 9.91. The summed E-state index contributed by atoms with van der Waals surface area (Å²) in [5.41, 5.74) is 0.871. The second-order valence-corrected chi connectivity index (χ2v) is 7.37. The highest BCUT2D eigenvalue weighted by atomic mass is 32.2. The van der Waals surface area contributed by atoms with Crippen LogP contribution in [-0.2, 0) is 14.3 Å². The molecular weight excluding hydrogens is 370 g/mol. The molecule has 7 heteroatoms. The minimum Gasteiger partial charge on any atom is -0.494 e. The third-order valence-electron chi connectivity index (χ3n) is 3.66. The quantitative estimate of drug-likeness (QED) is 0.273. The lowest BCUT2D eigenvalue weighted by Gasteiger charge is -2.13. The molecule has 0 atom stereocenters. The van der Waals surface area contributed by atoms with Gasteiger partial charge in [0.25, 0.3) is 5.91 Å². The number of unbranched alkanes of at least 4 members (excludes halogenated alkanes) is 2. The van der Waals surface area contributed by atoms with Crippen LogP contribution >= 0.6 is 24.0 Å². The van der Waals surface area contributed by atoms with Crippen LogP contribution in [0, 0.1) is 0 Å². The molecular formula is C19H23NO4S2. The van der Waals surface area contributed by atoms with E-state index < -0.39 is 5.97 Å². The van der Waals surface area contributed by atoms with E-state index in [-0.39, 0.29) is 12.5 Å². The number of nitrogens with zero attached hydrogens (tertiary/aromatic N) is 1. The fourth-order valence-electron chi connectivity index (χ4n) is 2.33. The van der Waals surface area contributed by atoms with E-state index in [4.69, 9.17) is 21.7 Å². The molecule has 5 nitrogen and oxygen atoms in total. The van der Waals surface area contributed by atoms with E-state index in [1.807, 2.05) is 31.2 Å². The number of ether oxygens (including phenoxy) is 2. The maximum atomic E-state index is 12.5. The first-order chi connectivity index (χ1) is 12.5. The smallest absolute Gasteiger partial charge is 0.326 e. The molecule has 0 aromatic heterocycles. The van der Waals surface area contributed by atoms with Gasteiger partial charge in [-0.3, -0.25) is 14.5 Å². The maximum Gasteiger partial charge on any atom is 0.326 e. The summed E-state index contributed by atoms with van der Waals surface area (Å²) in [4.78, 5) is 26.2. The minimum absolute atomic E-state index is 0.141. The number of esters is 1. The normalized spacial score (nSPS) is 15.6. The third-order valence-corrected chi connectivity index (χ3v) is 5.04. The second-order valence-electron chi connectivity index (χ2n) is 5.70. The predicted molar refractivity (Wildman–Crippen MR) is 108 cm³/mol. The molecule has 26 heavy (non-hydrogen) atoms. The Balaban J connectivity index is 1.95. The van der Waals surface area contributed by atoms with Crippen LogP contribution in [0.4, 0.5) is 0 Å². The number of amides is 1. The first-order valence-electron chi connectivity index (χ1n) is 8.69. The monoisotopic (exact) mass is 393 g/mol. The Morgan fingerprint density at radius 1 is 1.23 bits per heavy atom. The number of thiocarbonyl (C=S) groups is 1. The molecule has 2 rings (SSSR count). The van der Waals surface area contributed by atoms with E-state index in [0.717, 1.165) is 30.6 Å². The average molecular weight is 394 g/mol. The largest absolute Gasteiger partial charge is 0.494 e. The van der Waals surface area contributed by atoms with Crippen molar-refractivity contribution < 1.29 is 19.1 Å². The number of hydrogen-bond donors (Lipinski definition) is 0. The Kier molecular flexibility index (Phi) is 8.12. The second kappa shape index (κ2) is 10.3. The van der Waals surface area contributed by atoms with Crippen LogP contribution in [0.1, 0.15) is 38.7 Å². The zero-order valence-corrected chi connectivity index (χ0v) is 16.7. The van der Waals surface area contributed by atoms with Crippen molar-refractivity contribution in [3.8, 4) is 5.75 Å². The summed E-state index contributed by atoms with van der Waals surface area (Å²) in [6.45, 7) is 4.85. The van der Waals surface area contributed by atoms with Crippen LogP contribution in [0.15, 0.2) is 29.2 Å². The summed E-state index contributed by atoms with van der Waals surface area (Å²) in [6.07, 6.45) is 4.67. The van der Waals surface area contributed by atoms with Crippen molar-refractivity contribution in [3.63, 3.8) is 0 Å². The predicted octanol–water partition coefficient (Wildman–Crippen LogP) is 4.02. The van der Waals surface area contributed by atoms with Gasteiger partial charge in [-0.05, 0) is 37.1 Å². The number of hydrogen-bond acceptors (Lipinski definition) is 6. The fourth-order valence-corrected chi connectivity index (χ4v) is 3.58. The van der Waals surface area contributed by atoms with Crippen molar-refractivity contribution in [2.45, 2.75) is 33.1 Å². The molecule has 140 valence electrons. The van der Waals surface area contributed by atoms with Gasteiger partial charge in [0.15, 0.2) is 0 Å². The van der Waals surface area contributed by atoms with Crippen molar-refractivity contribution in [2.24, 2.45) is 0 Å². The van der Waals surface area contributed by atoms with Crippen LogP contribution in [0.5, 0.6) is 5.75 Å². The van der Waals surface area contributed by atoms with Crippen molar-refractivity contribution in [1.29, 1.82) is 0 Å². The van der Waals surface area contributed by atoms with Gasteiger partial charge in [-0.2, -0.15) is 0 Å². The van der Waals surface area contributed by atoms with E-state index in [1.165, 1.54) is 16.7 Å². The molecule has 1 aromatic rings. The lowest BCUT2D eigenvalue weighted by molar-refractivity contribution is -0.146. The molecule has 1 aromatic carbocycles. The fraction of sp³-hybridized carbons (Fsp3) is 0.421. The Morgan fingerprint density at radius 2 is 1.96 bits per heavy atom. The van der Waals surface area contributed by atoms with E-state index in [1.54, 1.807) is 6.08 Å². The third kappa shape index (κ3) is 5.85. The lowest BCUT2D eigenvalue weighted by atomic mass is 10.2. The van der Waals surface area contributed by atoms with Gasteiger partial charge in [0.1, 0.15) is 16.6 Å². The molecule has 1 aliphatic heterocycles. The maximum absolute atomic E-state index is 12.5. The Bertz CT molecular complexity index is 685. The molecule has 0 N–H and O–H groups in total. The first kappa shape index (κ1) is 20.5. The summed E-state index contributed by atoms with van der Waals surface area (Å²) in [5, 5.41) is 0. The van der Waals surface area contributed by atoms with Crippen molar-refractivity contribution >= 4 is 46.3 Å². The number of carbonyl (C=O) groups excluding carboxylic acids is 2. The SMILES string of the molecule is CCCCCOC(=O)CN1C(=O)C(=Cc2ccc(OCC)cc2)SC1=S. The molecule has 0 spiro atoms. The summed E-state index contributed by atoms with van der Waals surface area (Å²) < 4.78 is 10.9. The number of thioether (sulfide) groups is 1. The number of carbonyl (C=O) groups is 2. The Hall–Kier alpha value is -1.86. The van der Waals surface area contributed by atoms with Gasteiger partial charge < -0.3 is 9.47 Å². The van der Waals surface area contributed by atoms with Crippen LogP contribution < -0.4 is 4.74 Å². The van der Waals surface area contributed by atoms with E-state index in [2.05, 4.69) is 6.92 Å². The molecule has 1 aliphatic rings. The van der Waals surface area contributed by atoms with Gasteiger partial charge in [0.05, 0.1) is 18.1 Å². The molecule has 1 saturated heterocycles. The van der Waals surface area contributed by atoms with Crippen molar-refractivity contribution in [1.82, 2.24) is 4.90 Å². The minimum atomic E-state index is -0.431. The van der Waals surface area contributed by atoms with Gasteiger partial charge in [-0.1, -0.05) is 55.9 Å². The van der Waals surface area contributed by atoms with E-state index >= 15 is 0 Å². The highest BCUT2D eigenvalue weighted by molar-refractivity contribution is 8.26. The zero-order valence-electron chi connectivity index (χ0n) is 15.0. The molecule has 0 bridgehead atoms. The summed E-state index contributed by atoms with van der Waals surface area (Å²) in [7, 11) is 0. The Morgan fingerprint density at radius 3 is 2.62 bits per heavy atom. The molecule has 0 aliphatic carbocycles. The van der Waals surface area contributed by atoms with Crippen molar-refractivity contribution in [2.75, 3.05) is 19.8 Å². The zero-order chi connectivity index (χ0) is 18.9. The van der Waals surface area contributed by atoms with Gasteiger partial charge in [-0.25, -0.2) is 0 Å². The van der Waals surface area contributed by atoms with Crippen LogP contribution in [0.2, 0.25) is 0 Å².